The van der Waals surface area contributed by atoms with Crippen molar-refractivity contribution in [3.05, 3.63) is 71.9 Å². The molecule has 2 heterocycles. The fraction of sp³-hybridized carbons (Fsp3) is 0.143. The quantitative estimate of drug-likeness (QED) is 0.708. The molecule has 1 aromatic heterocycles. The molecular formula is C21H19N3O2. The molecule has 0 radical (unpaired) electrons. The second-order valence-corrected chi connectivity index (χ2v) is 5.95. The van der Waals surface area contributed by atoms with Gasteiger partial charge in [-0.05, 0) is 42.5 Å². The molecule has 5 heteroatoms. The predicted octanol–water partition coefficient (Wildman–Crippen LogP) is 4.35. The molecule has 0 unspecified atom stereocenters. The zero-order valence-electron chi connectivity index (χ0n) is 14.9. The lowest BCUT2D eigenvalue weighted by atomic mass is 9.99. The summed E-state index contributed by atoms with van der Waals surface area (Å²) >= 11 is 0. The minimum absolute atomic E-state index is 0.773. The molecule has 4 rings (SSSR count). The summed E-state index contributed by atoms with van der Waals surface area (Å²) in [6, 6.07) is 17.7. The summed E-state index contributed by atoms with van der Waals surface area (Å²) in [6.07, 6.45) is 1.78. The van der Waals surface area contributed by atoms with Gasteiger partial charge in [-0.15, -0.1) is 0 Å². The first-order valence-electron chi connectivity index (χ1n) is 8.32. The van der Waals surface area contributed by atoms with Crippen molar-refractivity contribution in [2.45, 2.75) is 0 Å². The molecular weight excluding hydrogens is 326 g/mol. The van der Waals surface area contributed by atoms with E-state index in [9.17, 15) is 0 Å². The number of fused-ring (bicyclic) bond motifs is 2. The second kappa shape index (κ2) is 6.52. The van der Waals surface area contributed by atoms with Crippen molar-refractivity contribution in [3.8, 4) is 11.5 Å². The second-order valence-electron chi connectivity index (χ2n) is 5.95. The normalized spacial score (nSPS) is 12.6. The number of hydrogen-bond donors (Lipinski definition) is 0. The molecule has 0 bridgehead atoms. The summed E-state index contributed by atoms with van der Waals surface area (Å²) in [5, 5.41) is 0. The largest absolute Gasteiger partial charge is 0.497 e. The predicted molar refractivity (Wildman–Crippen MR) is 104 cm³/mol. The van der Waals surface area contributed by atoms with Gasteiger partial charge in [0.15, 0.2) is 5.82 Å². The molecule has 5 nitrogen and oxygen atoms in total. The first kappa shape index (κ1) is 16.1. The van der Waals surface area contributed by atoms with Crippen LogP contribution < -0.4 is 14.4 Å². The Morgan fingerprint density at radius 1 is 0.885 bits per heavy atom. The number of rotatable bonds is 3. The summed E-state index contributed by atoms with van der Waals surface area (Å²) in [5.74, 6) is 2.36. The summed E-state index contributed by atoms with van der Waals surface area (Å²) in [7, 11) is 5.33. The number of para-hydroxylation sites is 1. The molecule has 0 atom stereocenters. The van der Waals surface area contributed by atoms with Crippen molar-refractivity contribution >= 4 is 22.9 Å². The molecule has 0 N–H and O–H groups in total. The standard InChI is InChI=1S/C21H19N3O2/c1-24-18-11-10-14(25-2)13-16(18)20(15-7-4-5-9-19(15)26-3)23-17-8-6-12-22-21(17)24/h4-13H,1-3H3. The zero-order chi connectivity index (χ0) is 18.1. The highest BCUT2D eigenvalue weighted by Gasteiger charge is 2.24. The summed E-state index contributed by atoms with van der Waals surface area (Å²) in [6.45, 7) is 0. The molecule has 0 amide bonds. The van der Waals surface area contributed by atoms with Crippen LogP contribution in [0.4, 0.5) is 17.2 Å². The van der Waals surface area contributed by atoms with Crippen molar-refractivity contribution in [2.24, 2.45) is 4.99 Å². The summed E-state index contributed by atoms with van der Waals surface area (Å²) in [4.78, 5) is 11.5. The molecule has 0 spiro atoms. The molecule has 2 aromatic carbocycles. The highest BCUT2D eigenvalue weighted by molar-refractivity contribution is 6.20. The smallest absolute Gasteiger partial charge is 0.158 e. The lowest BCUT2D eigenvalue weighted by Crippen LogP contribution is -2.14. The average Bonchev–Trinajstić information content (AvgIpc) is 2.82. The van der Waals surface area contributed by atoms with Crippen LogP contribution in [-0.4, -0.2) is 32.0 Å². The number of nitrogens with zero attached hydrogens (tertiary/aromatic N) is 3. The van der Waals surface area contributed by atoms with Crippen LogP contribution in [0.2, 0.25) is 0 Å². The Kier molecular flexibility index (Phi) is 4.05. The molecule has 26 heavy (non-hydrogen) atoms. The summed E-state index contributed by atoms with van der Waals surface area (Å²) < 4.78 is 11.0. The fourth-order valence-corrected chi connectivity index (χ4v) is 3.20. The molecule has 1 aliphatic heterocycles. The topological polar surface area (TPSA) is 47.0 Å². The highest BCUT2D eigenvalue weighted by atomic mass is 16.5. The number of aliphatic imine (C=N–C) groups is 1. The third-order valence-electron chi connectivity index (χ3n) is 4.50. The Bertz CT molecular complexity index is 998. The minimum atomic E-state index is 0.773. The third-order valence-corrected chi connectivity index (χ3v) is 4.50. The zero-order valence-corrected chi connectivity index (χ0v) is 14.9. The average molecular weight is 345 g/mol. The Hall–Kier alpha value is -3.34. The van der Waals surface area contributed by atoms with Gasteiger partial charge in [0, 0.05) is 24.4 Å². The Labute approximate surface area is 152 Å². The van der Waals surface area contributed by atoms with Crippen molar-refractivity contribution in [1.29, 1.82) is 0 Å². The van der Waals surface area contributed by atoms with Crippen LogP contribution in [0.25, 0.3) is 0 Å². The van der Waals surface area contributed by atoms with Crippen molar-refractivity contribution in [2.75, 3.05) is 26.2 Å². The lowest BCUT2D eigenvalue weighted by Gasteiger charge is -2.21. The van der Waals surface area contributed by atoms with E-state index in [0.717, 1.165) is 45.5 Å². The maximum atomic E-state index is 5.58. The maximum absolute atomic E-state index is 5.58. The van der Waals surface area contributed by atoms with Crippen LogP contribution >= 0.6 is 0 Å². The van der Waals surface area contributed by atoms with E-state index >= 15 is 0 Å². The molecule has 0 aliphatic carbocycles. The van der Waals surface area contributed by atoms with Gasteiger partial charge in [-0.3, -0.25) is 0 Å². The highest BCUT2D eigenvalue weighted by Crippen LogP contribution is 2.40. The van der Waals surface area contributed by atoms with Crippen LogP contribution in [-0.2, 0) is 0 Å². The van der Waals surface area contributed by atoms with Crippen LogP contribution in [0.5, 0.6) is 11.5 Å². The van der Waals surface area contributed by atoms with Gasteiger partial charge in [-0.1, -0.05) is 12.1 Å². The number of aromatic nitrogens is 1. The van der Waals surface area contributed by atoms with Gasteiger partial charge in [0.2, 0.25) is 0 Å². The van der Waals surface area contributed by atoms with Gasteiger partial charge in [0.1, 0.15) is 17.2 Å². The number of benzene rings is 2. The Morgan fingerprint density at radius 3 is 2.54 bits per heavy atom. The van der Waals surface area contributed by atoms with E-state index in [0.29, 0.717) is 0 Å². The monoisotopic (exact) mass is 345 g/mol. The van der Waals surface area contributed by atoms with Crippen LogP contribution in [0, 0.1) is 0 Å². The molecule has 130 valence electrons. The number of pyridine rings is 1. The fourth-order valence-electron chi connectivity index (χ4n) is 3.20. The van der Waals surface area contributed by atoms with Crippen LogP contribution in [0.3, 0.4) is 0 Å². The van der Waals surface area contributed by atoms with Gasteiger partial charge in [0.05, 0.1) is 25.6 Å². The first-order chi connectivity index (χ1) is 12.7. The van der Waals surface area contributed by atoms with Gasteiger partial charge < -0.3 is 14.4 Å². The molecule has 0 saturated heterocycles. The van der Waals surface area contributed by atoms with Crippen LogP contribution in [0.1, 0.15) is 11.1 Å². The number of anilines is 2. The van der Waals surface area contributed by atoms with E-state index in [1.165, 1.54) is 0 Å². The van der Waals surface area contributed by atoms with Crippen molar-refractivity contribution in [1.82, 2.24) is 4.98 Å². The van der Waals surface area contributed by atoms with Crippen molar-refractivity contribution in [3.63, 3.8) is 0 Å². The third kappa shape index (κ3) is 2.58. The van der Waals surface area contributed by atoms with Gasteiger partial charge in [0.25, 0.3) is 0 Å². The lowest BCUT2D eigenvalue weighted by molar-refractivity contribution is 0.413. The Balaban J connectivity index is 2.05. The minimum Gasteiger partial charge on any atom is -0.497 e. The van der Waals surface area contributed by atoms with E-state index in [2.05, 4.69) is 9.88 Å². The van der Waals surface area contributed by atoms with E-state index in [4.69, 9.17) is 14.5 Å². The molecule has 3 aromatic rings. The van der Waals surface area contributed by atoms with Gasteiger partial charge in [-0.25, -0.2) is 9.98 Å². The molecule has 0 saturated carbocycles. The van der Waals surface area contributed by atoms with E-state index in [1.807, 2.05) is 61.6 Å². The summed E-state index contributed by atoms with van der Waals surface area (Å²) in [5.41, 5.74) is 4.54. The van der Waals surface area contributed by atoms with Crippen molar-refractivity contribution < 1.29 is 9.47 Å². The first-order valence-corrected chi connectivity index (χ1v) is 8.32. The van der Waals surface area contributed by atoms with E-state index in [-0.39, 0.29) is 0 Å². The SMILES string of the molecule is COc1ccc2c(c1)C(c1ccccc1OC)=Nc1cccnc1N2C. The number of hydrogen-bond acceptors (Lipinski definition) is 5. The van der Waals surface area contributed by atoms with Gasteiger partial charge >= 0.3 is 0 Å². The molecule has 1 aliphatic rings. The Morgan fingerprint density at radius 2 is 1.73 bits per heavy atom. The number of ether oxygens (including phenoxy) is 2. The maximum Gasteiger partial charge on any atom is 0.158 e. The van der Waals surface area contributed by atoms with E-state index in [1.54, 1.807) is 20.4 Å². The van der Waals surface area contributed by atoms with E-state index < -0.39 is 0 Å². The number of methoxy groups -OCH3 is 2. The van der Waals surface area contributed by atoms with Gasteiger partial charge in [-0.2, -0.15) is 0 Å². The van der Waals surface area contributed by atoms with Crippen LogP contribution in [0.15, 0.2) is 65.8 Å². The molecule has 0 fully saturated rings.